The Morgan fingerprint density at radius 1 is 1.11 bits per heavy atom. The molecule has 0 bridgehead atoms. The lowest BCUT2D eigenvalue weighted by Gasteiger charge is -2.24. The summed E-state index contributed by atoms with van der Waals surface area (Å²) < 4.78 is 5.43. The molecule has 3 aromatic rings. The lowest BCUT2D eigenvalue weighted by molar-refractivity contribution is -0.126. The molecule has 0 saturated carbocycles. The van der Waals surface area contributed by atoms with Gasteiger partial charge in [0, 0.05) is 24.0 Å². The van der Waals surface area contributed by atoms with Gasteiger partial charge in [-0.2, -0.15) is 4.98 Å². The van der Waals surface area contributed by atoms with Gasteiger partial charge in [0.2, 0.25) is 17.6 Å². The van der Waals surface area contributed by atoms with Crippen LogP contribution in [0, 0.1) is 11.8 Å². The summed E-state index contributed by atoms with van der Waals surface area (Å²) in [5.74, 6) is 0.298. The van der Waals surface area contributed by atoms with Crippen molar-refractivity contribution in [2.24, 2.45) is 17.6 Å². The third-order valence-electron chi connectivity index (χ3n) is 4.73. The summed E-state index contributed by atoms with van der Waals surface area (Å²) in [4.78, 5) is 21.4. The van der Waals surface area contributed by atoms with E-state index in [1.165, 1.54) is 0 Å². The van der Waals surface area contributed by atoms with Gasteiger partial charge in [-0.15, -0.1) is 0 Å². The Morgan fingerprint density at radius 2 is 1.86 bits per heavy atom. The van der Waals surface area contributed by atoms with Gasteiger partial charge in [0.1, 0.15) is 6.04 Å². The second-order valence-electron chi connectivity index (χ2n) is 7.15. The molecule has 0 aliphatic heterocycles. The van der Waals surface area contributed by atoms with E-state index in [0.29, 0.717) is 11.7 Å². The highest BCUT2D eigenvalue weighted by Gasteiger charge is 2.29. The number of carbonyl (C=O) groups excluding carboxylic acids is 1. The summed E-state index contributed by atoms with van der Waals surface area (Å²) in [7, 11) is 0. The highest BCUT2D eigenvalue weighted by atomic mass is 16.5. The van der Waals surface area contributed by atoms with Gasteiger partial charge in [0.15, 0.2) is 0 Å². The van der Waals surface area contributed by atoms with E-state index < -0.39 is 18.0 Å². The van der Waals surface area contributed by atoms with E-state index >= 15 is 0 Å². The number of rotatable bonds is 7. The van der Waals surface area contributed by atoms with Crippen LogP contribution in [-0.4, -0.2) is 21.0 Å². The lowest BCUT2D eigenvalue weighted by Crippen LogP contribution is -2.39. The average Bonchev–Trinajstić information content (AvgIpc) is 3.21. The third kappa shape index (κ3) is 4.43. The zero-order chi connectivity index (χ0) is 20.1. The highest BCUT2D eigenvalue weighted by Crippen LogP contribution is 2.25. The maximum atomic E-state index is 12.8. The smallest absolute Gasteiger partial charge is 0.249 e. The number of nitrogens with two attached hydrogens (primary N) is 1. The molecule has 1 amide bonds. The fourth-order valence-electron chi connectivity index (χ4n) is 2.90. The number of pyridine rings is 1. The number of benzene rings is 1. The second-order valence-corrected chi connectivity index (χ2v) is 7.15. The molecule has 7 heteroatoms. The maximum absolute atomic E-state index is 12.8. The number of aromatic nitrogens is 3. The van der Waals surface area contributed by atoms with Crippen LogP contribution in [0.1, 0.15) is 44.3 Å². The Labute approximate surface area is 164 Å². The Bertz CT molecular complexity index is 895. The fourth-order valence-corrected chi connectivity index (χ4v) is 2.90. The molecule has 2 aromatic heterocycles. The maximum Gasteiger partial charge on any atom is 0.249 e. The van der Waals surface area contributed by atoms with Crippen molar-refractivity contribution < 1.29 is 9.32 Å². The summed E-state index contributed by atoms with van der Waals surface area (Å²) in [5.41, 5.74) is 7.97. The van der Waals surface area contributed by atoms with E-state index in [9.17, 15) is 4.79 Å². The first-order chi connectivity index (χ1) is 13.5. The van der Waals surface area contributed by atoms with Crippen LogP contribution in [0.4, 0.5) is 0 Å². The molecule has 2 heterocycles. The van der Waals surface area contributed by atoms with Gasteiger partial charge < -0.3 is 15.6 Å². The van der Waals surface area contributed by atoms with Gasteiger partial charge in [-0.1, -0.05) is 56.3 Å². The molecule has 3 atom stereocenters. The molecule has 28 heavy (non-hydrogen) atoms. The van der Waals surface area contributed by atoms with Crippen molar-refractivity contribution in [1.29, 1.82) is 0 Å². The van der Waals surface area contributed by atoms with Crippen LogP contribution in [0.5, 0.6) is 0 Å². The summed E-state index contributed by atoms with van der Waals surface area (Å²) >= 11 is 0. The van der Waals surface area contributed by atoms with Gasteiger partial charge >= 0.3 is 0 Å². The standard InChI is InChI=1S/C21H25N5O2/c1-13(2)18(21-25-19(26-28-21)16-10-7-11-23-12-16)24-20(27)14(3)17(22)15-8-5-4-6-9-15/h4-14,17-18H,22H2,1-3H3,(H,24,27). The Kier molecular flexibility index (Phi) is 6.16. The number of nitrogens with zero attached hydrogens (tertiary/aromatic N) is 3. The van der Waals surface area contributed by atoms with Gasteiger partial charge in [-0.05, 0) is 23.6 Å². The lowest BCUT2D eigenvalue weighted by atomic mass is 9.93. The molecule has 3 N–H and O–H groups in total. The molecule has 0 spiro atoms. The molecule has 0 aliphatic rings. The van der Waals surface area contributed by atoms with Crippen LogP contribution >= 0.6 is 0 Å². The average molecular weight is 379 g/mol. The van der Waals surface area contributed by atoms with Crippen LogP contribution in [0.3, 0.4) is 0 Å². The van der Waals surface area contributed by atoms with Crippen molar-refractivity contribution in [2.75, 3.05) is 0 Å². The van der Waals surface area contributed by atoms with Crippen molar-refractivity contribution in [3.05, 3.63) is 66.3 Å². The quantitative estimate of drug-likeness (QED) is 0.652. The molecular formula is C21H25N5O2. The number of amides is 1. The topological polar surface area (TPSA) is 107 Å². The largest absolute Gasteiger partial charge is 0.344 e. The van der Waals surface area contributed by atoms with E-state index in [1.54, 1.807) is 18.5 Å². The minimum Gasteiger partial charge on any atom is -0.344 e. The predicted molar refractivity (Wildman–Crippen MR) is 106 cm³/mol. The molecule has 1 aromatic carbocycles. The van der Waals surface area contributed by atoms with Crippen LogP contribution in [0.2, 0.25) is 0 Å². The van der Waals surface area contributed by atoms with Crippen LogP contribution in [-0.2, 0) is 4.79 Å². The van der Waals surface area contributed by atoms with Crippen molar-refractivity contribution in [3.63, 3.8) is 0 Å². The fraction of sp³-hybridized carbons (Fsp3) is 0.333. The molecule has 0 radical (unpaired) electrons. The van der Waals surface area contributed by atoms with Gasteiger partial charge in [0.05, 0.1) is 5.92 Å². The van der Waals surface area contributed by atoms with Crippen molar-refractivity contribution >= 4 is 5.91 Å². The zero-order valence-corrected chi connectivity index (χ0v) is 16.2. The Hall–Kier alpha value is -3.06. The Morgan fingerprint density at radius 3 is 2.50 bits per heavy atom. The molecule has 7 nitrogen and oxygen atoms in total. The summed E-state index contributed by atoms with van der Waals surface area (Å²) in [6, 6.07) is 12.4. The SMILES string of the molecule is CC(C)C(NC(=O)C(C)C(N)c1ccccc1)c1nc(-c2cccnc2)no1. The van der Waals surface area contributed by atoms with Gasteiger partial charge in [-0.3, -0.25) is 9.78 Å². The van der Waals surface area contributed by atoms with Crippen LogP contribution in [0.25, 0.3) is 11.4 Å². The first-order valence-corrected chi connectivity index (χ1v) is 9.32. The van der Waals surface area contributed by atoms with Crippen LogP contribution < -0.4 is 11.1 Å². The minimum atomic E-state index is -0.413. The monoisotopic (exact) mass is 379 g/mol. The van der Waals surface area contributed by atoms with E-state index in [2.05, 4.69) is 20.4 Å². The van der Waals surface area contributed by atoms with E-state index in [4.69, 9.17) is 10.3 Å². The highest BCUT2D eigenvalue weighted by molar-refractivity contribution is 5.79. The predicted octanol–water partition coefficient (Wildman–Crippen LogP) is 3.28. The van der Waals surface area contributed by atoms with Crippen molar-refractivity contribution in [2.45, 2.75) is 32.9 Å². The first kappa shape index (κ1) is 19.7. The number of hydrogen-bond donors (Lipinski definition) is 2. The molecule has 0 aliphatic carbocycles. The van der Waals surface area contributed by atoms with E-state index in [-0.39, 0.29) is 11.8 Å². The normalized spacial score (nSPS) is 14.5. The van der Waals surface area contributed by atoms with Gasteiger partial charge in [0.25, 0.3) is 0 Å². The molecule has 3 unspecified atom stereocenters. The number of nitrogens with one attached hydrogen (secondary N) is 1. The van der Waals surface area contributed by atoms with E-state index in [0.717, 1.165) is 11.1 Å². The van der Waals surface area contributed by atoms with Crippen molar-refractivity contribution in [3.8, 4) is 11.4 Å². The number of carbonyl (C=O) groups is 1. The molecule has 0 fully saturated rings. The van der Waals surface area contributed by atoms with Crippen molar-refractivity contribution in [1.82, 2.24) is 20.4 Å². The van der Waals surface area contributed by atoms with E-state index in [1.807, 2.05) is 57.2 Å². The van der Waals surface area contributed by atoms with Gasteiger partial charge in [-0.25, -0.2) is 0 Å². The Balaban J connectivity index is 1.74. The summed E-state index contributed by atoms with van der Waals surface area (Å²) in [6.07, 6.45) is 3.34. The van der Waals surface area contributed by atoms with Crippen LogP contribution in [0.15, 0.2) is 59.4 Å². The third-order valence-corrected chi connectivity index (χ3v) is 4.73. The minimum absolute atomic E-state index is 0.0614. The molecule has 3 rings (SSSR count). The zero-order valence-electron chi connectivity index (χ0n) is 16.2. The first-order valence-electron chi connectivity index (χ1n) is 9.32. The molecule has 146 valence electrons. The summed E-state index contributed by atoms with van der Waals surface area (Å²) in [5, 5.41) is 7.04. The second kappa shape index (κ2) is 8.75. The molecular weight excluding hydrogens is 354 g/mol. The molecule has 0 saturated heterocycles. The summed E-state index contributed by atoms with van der Waals surface area (Å²) in [6.45, 7) is 5.79. The number of hydrogen-bond acceptors (Lipinski definition) is 6.